The van der Waals surface area contributed by atoms with Gasteiger partial charge >= 0.3 is 0 Å². The fourth-order valence-electron chi connectivity index (χ4n) is 3.25. The number of carbonyl (C=O) groups excluding carboxylic acids is 1. The van der Waals surface area contributed by atoms with E-state index in [9.17, 15) is 9.90 Å². The highest BCUT2D eigenvalue weighted by atomic mass is 35.5. The van der Waals surface area contributed by atoms with Crippen molar-refractivity contribution in [2.75, 3.05) is 18.8 Å². The fourth-order valence-corrected chi connectivity index (χ4v) is 3.44. The topological polar surface area (TPSA) is 104 Å². The summed E-state index contributed by atoms with van der Waals surface area (Å²) in [6.45, 7) is 7.70. The van der Waals surface area contributed by atoms with Crippen LogP contribution in [0.15, 0.2) is 6.07 Å². The van der Waals surface area contributed by atoms with Gasteiger partial charge in [-0.05, 0) is 33.6 Å². The molecule has 1 aromatic heterocycles. The molecule has 1 aliphatic heterocycles. The summed E-state index contributed by atoms with van der Waals surface area (Å²) in [4.78, 5) is 19.2. The first kappa shape index (κ1) is 16.8. The number of aromatic nitrogens is 2. The molecule has 1 amide bonds. The molecule has 0 saturated carbocycles. The summed E-state index contributed by atoms with van der Waals surface area (Å²) < 4.78 is 0.490. The average Bonchev–Trinajstić information content (AvgIpc) is 2.35. The van der Waals surface area contributed by atoms with Crippen molar-refractivity contribution in [3.8, 4) is 0 Å². The van der Waals surface area contributed by atoms with Gasteiger partial charge in [0.15, 0.2) is 0 Å². The zero-order chi connectivity index (χ0) is 16.5. The van der Waals surface area contributed by atoms with E-state index in [1.807, 2.05) is 0 Å². The van der Waals surface area contributed by atoms with Crippen molar-refractivity contribution < 1.29 is 9.90 Å². The molecule has 1 aromatic rings. The standard InChI is InChI=1S/C14H22ClN5O2/c1-14(2,3)20(11-7-10(15)18-12(16)19-11)6-4-5-9(8-20)17-13(21)22/h7,9,17H,4-6,8H2,1-3H3,(H2-,16,18,19,21,22)/t9-,20?/m1/s1. The second-order valence-electron chi connectivity index (χ2n) is 6.72. The number of halogens is 1. The number of anilines is 1. The monoisotopic (exact) mass is 327 g/mol. The molecule has 0 aromatic carbocycles. The molecule has 8 heteroatoms. The molecular weight excluding hydrogens is 306 g/mol. The number of nitrogens with one attached hydrogen (secondary N) is 1. The SMILES string of the molecule is CC(C)(C)[N+]1(c2cc(Cl)nc(N)n2)CCC[C@@H](NC(=O)[O-])C1. The van der Waals surface area contributed by atoms with E-state index in [1.165, 1.54) is 0 Å². The van der Waals surface area contributed by atoms with Gasteiger partial charge in [-0.1, -0.05) is 11.6 Å². The first-order valence-corrected chi connectivity index (χ1v) is 7.67. The van der Waals surface area contributed by atoms with E-state index in [1.54, 1.807) is 6.07 Å². The second-order valence-corrected chi connectivity index (χ2v) is 7.11. The number of carboxylic acid groups (broad SMARTS) is 1. The molecule has 0 bridgehead atoms. The Bertz CT molecular complexity index is 555. The maximum absolute atomic E-state index is 10.9. The highest BCUT2D eigenvalue weighted by Crippen LogP contribution is 2.37. The van der Waals surface area contributed by atoms with Crippen LogP contribution >= 0.6 is 11.6 Å². The summed E-state index contributed by atoms with van der Waals surface area (Å²) in [5, 5.41) is 13.7. The first-order chi connectivity index (χ1) is 10.1. The Morgan fingerprint density at radius 2 is 2.18 bits per heavy atom. The number of hydrogen-bond donors (Lipinski definition) is 2. The smallest absolute Gasteiger partial charge is 0.234 e. The van der Waals surface area contributed by atoms with E-state index in [2.05, 4.69) is 36.1 Å². The lowest BCUT2D eigenvalue weighted by Crippen LogP contribution is -2.69. The van der Waals surface area contributed by atoms with E-state index < -0.39 is 6.09 Å². The minimum Gasteiger partial charge on any atom is -0.530 e. The average molecular weight is 328 g/mol. The molecule has 0 aliphatic carbocycles. The molecule has 0 radical (unpaired) electrons. The number of rotatable bonds is 2. The quantitative estimate of drug-likeness (QED) is 0.620. The molecule has 1 aliphatic rings. The Morgan fingerprint density at radius 1 is 1.50 bits per heavy atom. The Kier molecular flexibility index (Phi) is 4.49. The van der Waals surface area contributed by atoms with Crippen LogP contribution in [-0.4, -0.2) is 40.7 Å². The zero-order valence-corrected chi connectivity index (χ0v) is 13.9. The van der Waals surface area contributed by atoms with Gasteiger partial charge in [0.25, 0.3) is 0 Å². The molecule has 2 rings (SSSR count). The molecule has 7 nitrogen and oxygen atoms in total. The Labute approximate surface area is 135 Å². The molecule has 122 valence electrons. The van der Waals surface area contributed by atoms with Crippen molar-refractivity contribution >= 4 is 29.5 Å². The zero-order valence-electron chi connectivity index (χ0n) is 13.1. The van der Waals surface area contributed by atoms with Gasteiger partial charge in [-0.15, -0.1) is 0 Å². The summed E-state index contributed by atoms with van der Waals surface area (Å²) in [5.74, 6) is 0.842. The fraction of sp³-hybridized carbons (Fsp3) is 0.643. The number of amides is 1. The highest BCUT2D eigenvalue weighted by Gasteiger charge is 2.47. The molecule has 3 N–H and O–H groups in total. The van der Waals surface area contributed by atoms with E-state index in [4.69, 9.17) is 17.3 Å². The van der Waals surface area contributed by atoms with Gasteiger partial charge in [-0.3, -0.25) is 4.48 Å². The predicted molar refractivity (Wildman–Crippen MR) is 84.3 cm³/mol. The molecule has 2 atom stereocenters. The van der Waals surface area contributed by atoms with Crippen LogP contribution < -0.4 is 20.6 Å². The normalized spacial score (nSPS) is 25.7. The molecule has 22 heavy (non-hydrogen) atoms. The van der Waals surface area contributed by atoms with Gasteiger partial charge in [-0.2, -0.15) is 4.98 Å². The number of hydrogen-bond acceptors (Lipinski definition) is 5. The number of nitrogens with zero attached hydrogens (tertiary/aromatic N) is 3. The Hall–Kier alpha value is -1.60. The van der Waals surface area contributed by atoms with E-state index in [-0.39, 0.29) is 17.5 Å². The molecule has 1 saturated heterocycles. The molecular formula is C14H22ClN5O2. The Morgan fingerprint density at radius 3 is 2.73 bits per heavy atom. The second kappa shape index (κ2) is 5.89. The van der Waals surface area contributed by atoms with E-state index >= 15 is 0 Å². The summed E-state index contributed by atoms with van der Waals surface area (Å²) in [6.07, 6.45) is 0.390. The van der Waals surface area contributed by atoms with Crippen molar-refractivity contribution in [3.63, 3.8) is 0 Å². The lowest BCUT2D eigenvalue weighted by atomic mass is 9.92. The van der Waals surface area contributed by atoms with Gasteiger partial charge in [-0.25, -0.2) is 4.98 Å². The third kappa shape index (κ3) is 3.25. The van der Waals surface area contributed by atoms with Crippen LogP contribution in [0.5, 0.6) is 0 Å². The molecule has 1 fully saturated rings. The van der Waals surface area contributed by atoms with Crippen LogP contribution in [0.25, 0.3) is 0 Å². The largest absolute Gasteiger partial charge is 0.530 e. The predicted octanol–water partition coefficient (Wildman–Crippen LogP) is 0.913. The van der Waals surface area contributed by atoms with Gasteiger partial charge in [0.2, 0.25) is 11.8 Å². The molecule has 1 unspecified atom stereocenters. The number of quaternary nitrogens is 1. The van der Waals surface area contributed by atoms with Crippen LogP contribution in [0.4, 0.5) is 16.6 Å². The lowest BCUT2D eigenvalue weighted by molar-refractivity contribution is -0.252. The number of nitrogens with two attached hydrogens (primary N) is 1. The first-order valence-electron chi connectivity index (χ1n) is 7.29. The number of nitrogen functional groups attached to an aromatic ring is 1. The lowest BCUT2D eigenvalue weighted by Gasteiger charge is -2.51. The van der Waals surface area contributed by atoms with Gasteiger partial charge in [0.05, 0.1) is 24.2 Å². The van der Waals surface area contributed by atoms with Crippen LogP contribution in [0, 0.1) is 0 Å². The Balaban J connectivity index is 2.46. The molecule has 0 spiro atoms. The molecule has 2 heterocycles. The van der Waals surface area contributed by atoms with E-state index in [0.717, 1.165) is 25.2 Å². The van der Waals surface area contributed by atoms with Crippen molar-refractivity contribution in [1.82, 2.24) is 19.8 Å². The van der Waals surface area contributed by atoms with Gasteiger partial charge in [0.1, 0.15) is 17.8 Å². The van der Waals surface area contributed by atoms with Gasteiger partial charge < -0.3 is 21.0 Å². The van der Waals surface area contributed by atoms with Gasteiger partial charge in [0, 0.05) is 0 Å². The maximum Gasteiger partial charge on any atom is 0.234 e. The summed E-state index contributed by atoms with van der Waals surface area (Å²) in [6, 6.07) is 1.53. The van der Waals surface area contributed by atoms with Crippen molar-refractivity contribution in [3.05, 3.63) is 11.2 Å². The van der Waals surface area contributed by atoms with Crippen LogP contribution in [0.1, 0.15) is 33.6 Å². The summed E-state index contributed by atoms with van der Waals surface area (Å²) >= 11 is 6.04. The maximum atomic E-state index is 10.9. The minimum absolute atomic E-state index is 0.124. The van der Waals surface area contributed by atoms with Crippen LogP contribution in [-0.2, 0) is 0 Å². The minimum atomic E-state index is -1.25. The third-order valence-corrected chi connectivity index (χ3v) is 4.56. The summed E-state index contributed by atoms with van der Waals surface area (Å²) in [7, 11) is 0. The van der Waals surface area contributed by atoms with Crippen LogP contribution in [0.3, 0.4) is 0 Å². The van der Waals surface area contributed by atoms with Crippen LogP contribution in [0.2, 0.25) is 5.15 Å². The number of likely N-dealkylation sites (tertiary alicyclic amines) is 1. The third-order valence-electron chi connectivity index (χ3n) is 4.37. The number of piperidine rings is 1. The van der Waals surface area contributed by atoms with E-state index in [0.29, 0.717) is 16.2 Å². The van der Waals surface area contributed by atoms with Crippen molar-refractivity contribution in [1.29, 1.82) is 0 Å². The highest BCUT2D eigenvalue weighted by molar-refractivity contribution is 6.29. The van der Waals surface area contributed by atoms with Crippen molar-refractivity contribution in [2.45, 2.75) is 45.2 Å². The van der Waals surface area contributed by atoms with Crippen molar-refractivity contribution in [2.24, 2.45) is 0 Å². The summed E-state index contributed by atoms with van der Waals surface area (Å²) in [5.41, 5.74) is 5.55. The number of carbonyl (C=O) groups is 1.